The average molecular weight is 484 g/mol. The summed E-state index contributed by atoms with van der Waals surface area (Å²) in [5.41, 5.74) is 3.65. The van der Waals surface area contributed by atoms with Crippen LogP contribution in [0, 0.1) is 17.7 Å². The van der Waals surface area contributed by atoms with Gasteiger partial charge in [0.15, 0.2) is 0 Å². The Kier molecular flexibility index (Phi) is 7.31. The van der Waals surface area contributed by atoms with Gasteiger partial charge in [-0.1, -0.05) is 42.2 Å². The van der Waals surface area contributed by atoms with Gasteiger partial charge in [0, 0.05) is 47.9 Å². The zero-order valence-electron chi connectivity index (χ0n) is 20.1. The summed E-state index contributed by atoms with van der Waals surface area (Å²) in [4.78, 5) is 17.2. The standard InChI is InChI=1S/C30H30FN3O2/c31-25-14-16-26(17-15-25)32-30(36)33-18-4-5-19-34-27(20-33)29(28(34)21-35)24-12-10-23(11-13-24)9-8-22-6-2-1-3-7-22/h1-3,6-7,10-17,27-29,35H,4-5,18-21H2,(H,32,36)/t27-,28-,29-/m1/s1. The normalized spacial score (nSPS) is 21.7. The second-order valence-corrected chi connectivity index (χ2v) is 9.41. The lowest BCUT2D eigenvalue weighted by Gasteiger charge is -2.57. The van der Waals surface area contributed by atoms with Crippen LogP contribution in [0.15, 0.2) is 78.9 Å². The molecule has 2 aliphatic heterocycles. The van der Waals surface area contributed by atoms with Crippen LogP contribution in [0.25, 0.3) is 0 Å². The van der Waals surface area contributed by atoms with Gasteiger partial charge in [0.05, 0.1) is 6.61 Å². The number of halogens is 1. The maximum absolute atomic E-state index is 13.2. The fourth-order valence-corrected chi connectivity index (χ4v) is 5.32. The van der Waals surface area contributed by atoms with E-state index in [9.17, 15) is 14.3 Å². The molecule has 2 heterocycles. The number of aliphatic hydroxyl groups excluding tert-OH is 1. The number of anilines is 1. The summed E-state index contributed by atoms with van der Waals surface area (Å²) in [6, 6.07) is 24.0. The van der Waals surface area contributed by atoms with Crippen LogP contribution in [0.1, 0.15) is 35.4 Å². The molecule has 2 saturated heterocycles. The molecule has 184 valence electrons. The maximum Gasteiger partial charge on any atom is 0.321 e. The van der Waals surface area contributed by atoms with Gasteiger partial charge in [0.2, 0.25) is 0 Å². The summed E-state index contributed by atoms with van der Waals surface area (Å²) in [6.07, 6.45) is 1.87. The first-order valence-corrected chi connectivity index (χ1v) is 12.5. The third kappa shape index (κ3) is 5.28. The molecular formula is C30H30FN3O2. The monoisotopic (exact) mass is 483 g/mol. The molecule has 2 fully saturated rings. The van der Waals surface area contributed by atoms with Crippen molar-refractivity contribution in [3.05, 3.63) is 101 Å². The Morgan fingerprint density at radius 3 is 2.28 bits per heavy atom. The molecule has 0 unspecified atom stereocenters. The summed E-state index contributed by atoms with van der Waals surface area (Å²) in [7, 11) is 0. The van der Waals surface area contributed by atoms with E-state index in [1.807, 2.05) is 47.4 Å². The van der Waals surface area contributed by atoms with Crippen LogP contribution >= 0.6 is 0 Å². The van der Waals surface area contributed by atoms with Crippen molar-refractivity contribution in [1.29, 1.82) is 0 Å². The highest BCUT2D eigenvalue weighted by Gasteiger charge is 2.49. The first-order chi connectivity index (χ1) is 17.6. The molecule has 0 spiro atoms. The lowest BCUT2D eigenvalue weighted by atomic mass is 9.74. The lowest BCUT2D eigenvalue weighted by Crippen LogP contribution is -2.68. The van der Waals surface area contributed by atoms with E-state index >= 15 is 0 Å². The number of urea groups is 1. The van der Waals surface area contributed by atoms with E-state index < -0.39 is 0 Å². The van der Waals surface area contributed by atoms with Crippen molar-refractivity contribution in [2.45, 2.75) is 30.8 Å². The Morgan fingerprint density at radius 1 is 0.917 bits per heavy atom. The van der Waals surface area contributed by atoms with Gasteiger partial charge >= 0.3 is 6.03 Å². The summed E-state index contributed by atoms with van der Waals surface area (Å²) in [5.74, 6) is 6.20. The Hall–Kier alpha value is -3.66. The number of nitrogens with zero attached hydrogens (tertiary/aromatic N) is 2. The van der Waals surface area contributed by atoms with Gasteiger partial charge in [-0.3, -0.25) is 4.90 Å². The zero-order valence-corrected chi connectivity index (χ0v) is 20.1. The van der Waals surface area contributed by atoms with Crippen LogP contribution < -0.4 is 5.32 Å². The van der Waals surface area contributed by atoms with Gasteiger partial charge in [-0.15, -0.1) is 0 Å². The van der Waals surface area contributed by atoms with E-state index in [4.69, 9.17) is 0 Å². The molecule has 6 heteroatoms. The van der Waals surface area contributed by atoms with E-state index in [1.165, 1.54) is 12.1 Å². The van der Waals surface area contributed by atoms with Gasteiger partial charge in [0.1, 0.15) is 5.82 Å². The van der Waals surface area contributed by atoms with Crippen LogP contribution in [0.3, 0.4) is 0 Å². The number of nitrogens with one attached hydrogen (secondary N) is 1. The minimum Gasteiger partial charge on any atom is -0.395 e. The number of rotatable bonds is 3. The van der Waals surface area contributed by atoms with Gasteiger partial charge in [-0.2, -0.15) is 0 Å². The van der Waals surface area contributed by atoms with Crippen molar-refractivity contribution >= 4 is 11.7 Å². The molecule has 0 bridgehead atoms. The third-order valence-electron chi connectivity index (χ3n) is 7.17. The molecule has 5 rings (SSSR count). The fraction of sp³-hybridized carbons (Fsp3) is 0.300. The molecule has 36 heavy (non-hydrogen) atoms. The Balaban J connectivity index is 1.31. The molecule has 2 N–H and O–H groups in total. The fourth-order valence-electron chi connectivity index (χ4n) is 5.32. The number of hydrogen-bond acceptors (Lipinski definition) is 3. The molecule has 0 radical (unpaired) electrons. The van der Waals surface area contributed by atoms with Crippen molar-refractivity contribution < 1.29 is 14.3 Å². The topological polar surface area (TPSA) is 55.8 Å². The Labute approximate surface area is 211 Å². The van der Waals surface area contributed by atoms with Crippen LogP contribution in [0.5, 0.6) is 0 Å². The van der Waals surface area contributed by atoms with Crippen molar-refractivity contribution in [1.82, 2.24) is 9.80 Å². The molecule has 3 aromatic carbocycles. The highest BCUT2D eigenvalue weighted by molar-refractivity contribution is 5.89. The van der Waals surface area contributed by atoms with E-state index in [-0.39, 0.29) is 36.5 Å². The van der Waals surface area contributed by atoms with Crippen LogP contribution in [-0.2, 0) is 0 Å². The van der Waals surface area contributed by atoms with E-state index in [1.54, 1.807) is 12.1 Å². The molecule has 2 amide bonds. The third-order valence-corrected chi connectivity index (χ3v) is 7.17. The molecular weight excluding hydrogens is 453 g/mol. The number of carbonyl (C=O) groups is 1. The predicted molar refractivity (Wildman–Crippen MR) is 139 cm³/mol. The lowest BCUT2D eigenvalue weighted by molar-refractivity contribution is -0.0585. The van der Waals surface area contributed by atoms with Crippen molar-refractivity contribution in [2.75, 3.05) is 31.6 Å². The van der Waals surface area contributed by atoms with Gasteiger partial charge in [-0.25, -0.2) is 9.18 Å². The number of aliphatic hydroxyl groups is 1. The van der Waals surface area contributed by atoms with Crippen LogP contribution in [0.4, 0.5) is 14.9 Å². The van der Waals surface area contributed by atoms with E-state index in [0.29, 0.717) is 18.8 Å². The molecule has 2 aliphatic rings. The summed E-state index contributed by atoms with van der Waals surface area (Å²) in [5, 5.41) is 13.1. The number of hydrogen-bond donors (Lipinski definition) is 2. The first-order valence-electron chi connectivity index (χ1n) is 12.5. The second-order valence-electron chi connectivity index (χ2n) is 9.41. The summed E-state index contributed by atoms with van der Waals surface area (Å²) in [6.45, 7) is 2.24. The highest BCUT2D eigenvalue weighted by atomic mass is 19.1. The number of fused-ring (bicyclic) bond motifs is 1. The number of carbonyl (C=O) groups excluding carboxylic acids is 1. The van der Waals surface area contributed by atoms with E-state index in [2.05, 4.69) is 34.2 Å². The minimum absolute atomic E-state index is 0.0383. The van der Waals surface area contributed by atoms with Gasteiger partial charge in [-0.05, 0) is 73.5 Å². The Bertz CT molecular complexity index is 1240. The van der Waals surface area contributed by atoms with Gasteiger partial charge < -0.3 is 15.3 Å². The van der Waals surface area contributed by atoms with E-state index in [0.717, 1.165) is 36.1 Å². The Morgan fingerprint density at radius 2 is 1.58 bits per heavy atom. The summed E-state index contributed by atoms with van der Waals surface area (Å²) < 4.78 is 13.2. The SMILES string of the molecule is O=C(Nc1ccc(F)cc1)N1CCCCN2[C@H](CO)[C@H](c3ccc(C#Cc4ccccc4)cc3)[C@H]2C1. The molecule has 5 nitrogen and oxygen atoms in total. The second kappa shape index (κ2) is 10.9. The van der Waals surface area contributed by atoms with Crippen LogP contribution in [-0.4, -0.2) is 59.3 Å². The molecule has 0 aliphatic carbocycles. The van der Waals surface area contributed by atoms with Crippen LogP contribution in [0.2, 0.25) is 0 Å². The minimum atomic E-state index is -0.334. The molecule has 3 atom stereocenters. The number of benzene rings is 3. The average Bonchev–Trinajstić information content (AvgIpc) is 2.89. The molecule has 3 aromatic rings. The quantitative estimate of drug-likeness (QED) is 0.532. The molecule has 0 aromatic heterocycles. The smallest absolute Gasteiger partial charge is 0.321 e. The zero-order chi connectivity index (χ0) is 24.9. The molecule has 0 saturated carbocycles. The van der Waals surface area contributed by atoms with Crippen molar-refractivity contribution in [3.63, 3.8) is 0 Å². The highest BCUT2D eigenvalue weighted by Crippen LogP contribution is 2.42. The largest absolute Gasteiger partial charge is 0.395 e. The van der Waals surface area contributed by atoms with Crippen molar-refractivity contribution in [3.8, 4) is 11.8 Å². The van der Waals surface area contributed by atoms with Crippen molar-refractivity contribution in [2.24, 2.45) is 0 Å². The number of amides is 2. The van der Waals surface area contributed by atoms with Gasteiger partial charge in [0.25, 0.3) is 0 Å². The summed E-state index contributed by atoms with van der Waals surface area (Å²) >= 11 is 0. The maximum atomic E-state index is 13.2. The first kappa shape index (κ1) is 24.1. The predicted octanol–water partition coefficient (Wildman–Crippen LogP) is 4.68.